The van der Waals surface area contributed by atoms with Crippen LogP contribution >= 0.6 is 24.0 Å². The zero-order valence-electron chi connectivity index (χ0n) is 17.9. The van der Waals surface area contributed by atoms with E-state index in [-0.39, 0.29) is 47.1 Å². The van der Waals surface area contributed by atoms with Crippen LogP contribution in [0.5, 0.6) is 0 Å². The summed E-state index contributed by atoms with van der Waals surface area (Å²) in [6, 6.07) is 6.88. The lowest BCUT2D eigenvalue weighted by Gasteiger charge is -2.40. The molecule has 2 aliphatic rings. The standard InChI is InChI=1S/C22H32FN3O3.HI/c1-3-29-20(27)17-6-5-11-26(15-17)21(24-2)25-16-22(9-12-28-13-10-22)18-7-4-8-19(23)14-18;/h4,7-8,14,17H,3,5-6,9-13,15-16H2,1-2H3,(H,24,25);1H. The van der Waals surface area contributed by atoms with Crippen LogP contribution in [0.15, 0.2) is 29.3 Å². The van der Waals surface area contributed by atoms with Crippen LogP contribution in [-0.4, -0.2) is 63.3 Å². The molecule has 2 fully saturated rings. The van der Waals surface area contributed by atoms with Crippen molar-refractivity contribution < 1.29 is 18.7 Å². The topological polar surface area (TPSA) is 63.2 Å². The number of benzene rings is 1. The van der Waals surface area contributed by atoms with E-state index in [4.69, 9.17) is 9.47 Å². The van der Waals surface area contributed by atoms with Crippen molar-refractivity contribution in [1.82, 2.24) is 10.2 Å². The maximum absolute atomic E-state index is 13.9. The lowest BCUT2D eigenvalue weighted by Crippen LogP contribution is -2.52. The Kier molecular flexibility index (Phi) is 9.80. The van der Waals surface area contributed by atoms with Crippen molar-refractivity contribution in [2.75, 3.05) is 46.5 Å². The van der Waals surface area contributed by atoms with E-state index >= 15 is 0 Å². The maximum atomic E-state index is 13.9. The van der Waals surface area contributed by atoms with Gasteiger partial charge in [-0.1, -0.05) is 12.1 Å². The van der Waals surface area contributed by atoms with Gasteiger partial charge in [-0.3, -0.25) is 9.79 Å². The summed E-state index contributed by atoms with van der Waals surface area (Å²) in [7, 11) is 1.76. The smallest absolute Gasteiger partial charge is 0.310 e. The second kappa shape index (κ2) is 11.8. The zero-order valence-corrected chi connectivity index (χ0v) is 20.2. The Hall–Kier alpha value is -1.42. The number of carbonyl (C=O) groups excluding carboxylic acids is 1. The average molecular weight is 533 g/mol. The van der Waals surface area contributed by atoms with E-state index in [1.165, 1.54) is 6.07 Å². The minimum Gasteiger partial charge on any atom is -0.466 e. The van der Waals surface area contributed by atoms with Crippen LogP contribution in [0.25, 0.3) is 0 Å². The number of piperidine rings is 1. The van der Waals surface area contributed by atoms with Crippen molar-refractivity contribution in [3.8, 4) is 0 Å². The van der Waals surface area contributed by atoms with E-state index in [0.29, 0.717) is 32.9 Å². The Labute approximate surface area is 195 Å². The maximum Gasteiger partial charge on any atom is 0.310 e. The molecule has 1 atom stereocenters. The van der Waals surface area contributed by atoms with Crippen LogP contribution in [0.2, 0.25) is 0 Å². The van der Waals surface area contributed by atoms with Gasteiger partial charge in [0, 0.05) is 45.3 Å². The Morgan fingerprint density at radius 2 is 2.17 bits per heavy atom. The molecule has 0 saturated carbocycles. The molecule has 1 aromatic carbocycles. The van der Waals surface area contributed by atoms with E-state index in [1.807, 2.05) is 13.0 Å². The summed E-state index contributed by atoms with van der Waals surface area (Å²) < 4.78 is 24.7. The highest BCUT2D eigenvalue weighted by Crippen LogP contribution is 2.34. The molecule has 2 aliphatic heterocycles. The van der Waals surface area contributed by atoms with E-state index in [2.05, 4.69) is 15.2 Å². The first kappa shape index (κ1) is 24.8. The minimum absolute atomic E-state index is 0. The molecule has 2 heterocycles. The second-order valence-corrected chi connectivity index (χ2v) is 7.84. The van der Waals surface area contributed by atoms with Gasteiger partial charge >= 0.3 is 5.97 Å². The first-order valence-electron chi connectivity index (χ1n) is 10.5. The third kappa shape index (κ3) is 6.06. The molecule has 168 valence electrons. The van der Waals surface area contributed by atoms with Crippen LogP contribution in [0.4, 0.5) is 4.39 Å². The first-order valence-corrected chi connectivity index (χ1v) is 10.5. The van der Waals surface area contributed by atoms with Crippen molar-refractivity contribution in [2.45, 2.75) is 38.0 Å². The van der Waals surface area contributed by atoms with Crippen molar-refractivity contribution >= 4 is 35.9 Å². The summed E-state index contributed by atoms with van der Waals surface area (Å²) in [6.45, 7) is 5.66. The highest BCUT2D eigenvalue weighted by molar-refractivity contribution is 14.0. The van der Waals surface area contributed by atoms with E-state index in [9.17, 15) is 9.18 Å². The molecule has 0 bridgehead atoms. The van der Waals surface area contributed by atoms with Gasteiger partial charge in [0.1, 0.15) is 5.82 Å². The summed E-state index contributed by atoms with van der Waals surface area (Å²) in [6.07, 6.45) is 3.42. The molecule has 3 rings (SSSR count). The van der Waals surface area contributed by atoms with E-state index in [1.54, 1.807) is 19.2 Å². The number of esters is 1. The largest absolute Gasteiger partial charge is 0.466 e. The van der Waals surface area contributed by atoms with E-state index in [0.717, 1.165) is 43.8 Å². The number of aliphatic imine (C=N–C) groups is 1. The monoisotopic (exact) mass is 533 g/mol. The summed E-state index contributed by atoms with van der Waals surface area (Å²) in [5.74, 6) is 0.308. The molecule has 8 heteroatoms. The molecule has 6 nitrogen and oxygen atoms in total. The number of likely N-dealkylation sites (tertiary alicyclic amines) is 1. The zero-order chi connectivity index (χ0) is 20.7. The summed E-state index contributed by atoms with van der Waals surface area (Å²) in [5, 5.41) is 3.50. The lowest BCUT2D eigenvalue weighted by molar-refractivity contribution is -0.149. The van der Waals surface area contributed by atoms with Crippen molar-refractivity contribution in [1.29, 1.82) is 0 Å². The van der Waals surface area contributed by atoms with Gasteiger partial charge < -0.3 is 19.7 Å². The van der Waals surface area contributed by atoms with Gasteiger partial charge in [0.25, 0.3) is 0 Å². The van der Waals surface area contributed by atoms with Gasteiger partial charge in [-0.25, -0.2) is 4.39 Å². The number of nitrogens with one attached hydrogen (secondary N) is 1. The van der Waals surface area contributed by atoms with Crippen molar-refractivity contribution in [3.05, 3.63) is 35.6 Å². The molecule has 2 saturated heterocycles. The van der Waals surface area contributed by atoms with Gasteiger partial charge in [-0.05, 0) is 50.3 Å². The highest BCUT2D eigenvalue weighted by atomic mass is 127. The second-order valence-electron chi connectivity index (χ2n) is 7.84. The summed E-state index contributed by atoms with van der Waals surface area (Å²) >= 11 is 0. The number of hydrogen-bond donors (Lipinski definition) is 1. The fourth-order valence-electron chi connectivity index (χ4n) is 4.35. The van der Waals surface area contributed by atoms with Gasteiger partial charge in [-0.15, -0.1) is 24.0 Å². The van der Waals surface area contributed by atoms with Crippen LogP contribution < -0.4 is 5.32 Å². The SMILES string of the molecule is CCOC(=O)C1CCCN(C(=NC)NCC2(c3cccc(F)c3)CCOCC2)C1.I. The highest BCUT2D eigenvalue weighted by Gasteiger charge is 2.36. The van der Waals surface area contributed by atoms with Crippen LogP contribution in [0.1, 0.15) is 38.2 Å². The van der Waals surface area contributed by atoms with Gasteiger partial charge in [0.05, 0.1) is 12.5 Å². The molecule has 0 aliphatic carbocycles. The first-order chi connectivity index (χ1) is 14.1. The normalized spacial score (nSPS) is 21.5. The Bertz CT molecular complexity index is 725. The van der Waals surface area contributed by atoms with Crippen molar-refractivity contribution in [2.24, 2.45) is 10.9 Å². The predicted molar refractivity (Wildman–Crippen MR) is 126 cm³/mol. The van der Waals surface area contributed by atoms with Crippen LogP contribution in [-0.2, 0) is 19.7 Å². The Morgan fingerprint density at radius 1 is 1.40 bits per heavy atom. The molecule has 1 aromatic rings. The molecule has 0 aromatic heterocycles. The van der Waals surface area contributed by atoms with Crippen molar-refractivity contribution in [3.63, 3.8) is 0 Å². The van der Waals surface area contributed by atoms with Crippen LogP contribution in [0, 0.1) is 11.7 Å². The van der Waals surface area contributed by atoms with Gasteiger partial charge in [0.2, 0.25) is 0 Å². The average Bonchev–Trinajstić information content (AvgIpc) is 2.75. The number of ether oxygens (including phenoxy) is 2. The minimum atomic E-state index is -0.217. The number of halogens is 2. The molecule has 0 spiro atoms. The molecule has 0 amide bonds. The molecular weight excluding hydrogens is 500 g/mol. The van der Waals surface area contributed by atoms with E-state index < -0.39 is 0 Å². The quantitative estimate of drug-likeness (QED) is 0.272. The molecule has 1 unspecified atom stereocenters. The third-order valence-electron chi connectivity index (χ3n) is 6.02. The van der Waals surface area contributed by atoms with Gasteiger partial charge in [0.15, 0.2) is 5.96 Å². The lowest BCUT2D eigenvalue weighted by atomic mass is 9.74. The summed E-state index contributed by atoms with van der Waals surface area (Å²) in [5.41, 5.74) is 0.791. The number of carbonyl (C=O) groups is 1. The molecule has 0 radical (unpaired) electrons. The van der Waals surface area contributed by atoms with Crippen LogP contribution in [0.3, 0.4) is 0 Å². The molecule has 1 N–H and O–H groups in total. The predicted octanol–water partition coefficient (Wildman–Crippen LogP) is 3.34. The summed E-state index contributed by atoms with van der Waals surface area (Å²) in [4.78, 5) is 18.8. The number of hydrogen-bond acceptors (Lipinski definition) is 4. The molecular formula is C22H33FIN3O3. The van der Waals surface area contributed by atoms with Gasteiger partial charge in [-0.2, -0.15) is 0 Å². The molecule has 30 heavy (non-hydrogen) atoms. The fourth-order valence-corrected chi connectivity index (χ4v) is 4.35. The number of nitrogens with zero attached hydrogens (tertiary/aromatic N) is 2. The third-order valence-corrected chi connectivity index (χ3v) is 6.02. The Morgan fingerprint density at radius 3 is 2.83 bits per heavy atom. The number of guanidine groups is 1. The number of rotatable bonds is 5. The Balaban J connectivity index is 0.00000320. The fraction of sp³-hybridized carbons (Fsp3) is 0.636.